The summed E-state index contributed by atoms with van der Waals surface area (Å²) in [5, 5.41) is 0. The van der Waals surface area contributed by atoms with Crippen LogP contribution in [0.4, 0.5) is 5.69 Å². The predicted octanol–water partition coefficient (Wildman–Crippen LogP) is 3.30. The van der Waals surface area contributed by atoms with Crippen molar-refractivity contribution in [3.63, 3.8) is 0 Å². The maximum Gasteiger partial charge on any atom is 0.338 e. The van der Waals surface area contributed by atoms with E-state index in [1.165, 1.54) is 16.6 Å². The van der Waals surface area contributed by atoms with Crippen LogP contribution >= 0.6 is 27.3 Å². The normalized spacial score (nSPS) is 18.1. The zero-order valence-corrected chi connectivity index (χ0v) is 23.3. The molecule has 10 heteroatoms. The molecular formula is C27H24BrN3O5S. The number of hydrogen-bond acceptors (Lipinski definition) is 7. The summed E-state index contributed by atoms with van der Waals surface area (Å²) in [5.74, 6) is -0.334. The lowest BCUT2D eigenvalue weighted by molar-refractivity contribution is -0.143. The van der Waals surface area contributed by atoms with Gasteiger partial charge in [0.15, 0.2) is 4.80 Å². The number of hydrogen-bond donors (Lipinski definition) is 0. The van der Waals surface area contributed by atoms with Gasteiger partial charge in [-0.15, -0.1) is 0 Å². The minimum atomic E-state index is -0.867. The van der Waals surface area contributed by atoms with Crippen LogP contribution in [0.3, 0.4) is 0 Å². The summed E-state index contributed by atoms with van der Waals surface area (Å²) in [6.45, 7) is 5.25. The van der Waals surface area contributed by atoms with E-state index in [4.69, 9.17) is 9.47 Å². The van der Waals surface area contributed by atoms with Crippen molar-refractivity contribution in [3.8, 4) is 5.75 Å². The van der Waals surface area contributed by atoms with Crippen molar-refractivity contribution in [3.05, 3.63) is 89.0 Å². The number of esters is 1. The van der Waals surface area contributed by atoms with E-state index in [-0.39, 0.29) is 22.1 Å². The second-order valence-corrected chi connectivity index (χ2v) is 10.9. The van der Waals surface area contributed by atoms with Crippen LogP contribution < -0.4 is 24.5 Å². The van der Waals surface area contributed by atoms with E-state index in [2.05, 4.69) is 20.9 Å². The molecule has 0 radical (unpaired) electrons. The van der Waals surface area contributed by atoms with E-state index in [9.17, 15) is 14.4 Å². The van der Waals surface area contributed by atoms with Crippen LogP contribution in [-0.4, -0.2) is 36.7 Å². The van der Waals surface area contributed by atoms with Gasteiger partial charge in [-0.1, -0.05) is 45.5 Å². The molecule has 0 aliphatic carbocycles. The molecule has 0 saturated carbocycles. The fourth-order valence-corrected chi connectivity index (χ4v) is 6.23. The standard InChI is InChI=1S/C27H24BrN3O5S/c1-13(2)36-26(34)20-14(3)29-27-31(22(20)17-12-15(28)10-11-19(17)35-5)25(33)23(37-27)21-16-8-6-7-9-18(16)30(4)24(21)32/h6-13,22H,1-5H3/b23-21+/t22-/m1/s1. The van der Waals surface area contributed by atoms with E-state index in [0.29, 0.717) is 32.9 Å². The Hall–Kier alpha value is -3.50. The molecule has 3 heterocycles. The fraction of sp³-hybridized carbons (Fsp3) is 0.259. The van der Waals surface area contributed by atoms with Gasteiger partial charge in [-0.05, 0) is 45.0 Å². The minimum Gasteiger partial charge on any atom is -0.496 e. The first-order chi connectivity index (χ1) is 17.6. The molecule has 2 aliphatic heterocycles. The van der Waals surface area contributed by atoms with Crippen molar-refractivity contribution in [2.45, 2.75) is 32.9 Å². The van der Waals surface area contributed by atoms with Crippen LogP contribution in [0.2, 0.25) is 0 Å². The summed E-state index contributed by atoms with van der Waals surface area (Å²) in [6.07, 6.45) is -0.368. The number of allylic oxidation sites excluding steroid dienone is 1. The number of anilines is 1. The highest BCUT2D eigenvalue weighted by Crippen LogP contribution is 2.38. The second-order valence-electron chi connectivity index (χ2n) is 9.00. The predicted molar refractivity (Wildman–Crippen MR) is 144 cm³/mol. The summed E-state index contributed by atoms with van der Waals surface area (Å²) in [5.41, 5.74) is 2.61. The molecule has 1 atom stereocenters. The van der Waals surface area contributed by atoms with Gasteiger partial charge in [0.1, 0.15) is 16.3 Å². The molecule has 3 aromatic rings. The van der Waals surface area contributed by atoms with Gasteiger partial charge in [-0.2, -0.15) is 0 Å². The third-order valence-electron chi connectivity index (χ3n) is 6.33. The molecule has 0 saturated heterocycles. The summed E-state index contributed by atoms with van der Waals surface area (Å²) >= 11 is 4.64. The van der Waals surface area contributed by atoms with Crippen LogP contribution in [0.1, 0.15) is 37.9 Å². The van der Waals surface area contributed by atoms with Gasteiger partial charge in [0.05, 0.1) is 35.7 Å². The SMILES string of the molecule is COc1ccc(Br)cc1[C@@H]1C(C(=O)OC(C)C)=C(C)N=c2s/c(=C3/C(=O)N(C)c4ccccc43)c(=O)n21. The van der Waals surface area contributed by atoms with Gasteiger partial charge in [-0.25, -0.2) is 9.79 Å². The van der Waals surface area contributed by atoms with Crippen LogP contribution in [-0.2, 0) is 14.3 Å². The molecule has 0 unspecified atom stereocenters. The third kappa shape index (κ3) is 4.04. The first-order valence-electron chi connectivity index (χ1n) is 11.6. The number of nitrogens with zero attached hydrogens (tertiary/aromatic N) is 3. The van der Waals surface area contributed by atoms with Crippen molar-refractivity contribution in [1.82, 2.24) is 4.57 Å². The lowest BCUT2D eigenvalue weighted by Gasteiger charge is -2.26. The molecule has 190 valence electrons. The lowest BCUT2D eigenvalue weighted by atomic mass is 9.95. The van der Waals surface area contributed by atoms with E-state index >= 15 is 0 Å². The number of aromatic nitrogens is 1. The Balaban J connectivity index is 1.86. The smallest absolute Gasteiger partial charge is 0.338 e. The number of fused-ring (bicyclic) bond motifs is 2. The Morgan fingerprint density at radius 3 is 2.59 bits per heavy atom. The van der Waals surface area contributed by atoms with Crippen LogP contribution in [0, 0.1) is 0 Å². The highest BCUT2D eigenvalue weighted by atomic mass is 79.9. The molecule has 0 spiro atoms. The Bertz CT molecular complexity index is 1680. The number of benzene rings is 2. The Labute approximate surface area is 225 Å². The number of carbonyl (C=O) groups excluding carboxylic acids is 2. The molecule has 2 aliphatic rings. The zero-order valence-electron chi connectivity index (χ0n) is 20.9. The average molecular weight is 582 g/mol. The molecule has 1 amide bonds. The molecule has 1 aromatic heterocycles. The first-order valence-corrected chi connectivity index (χ1v) is 13.2. The number of para-hydroxylation sites is 1. The number of rotatable bonds is 4. The zero-order chi connectivity index (χ0) is 26.6. The number of halogens is 1. The Morgan fingerprint density at radius 1 is 1.16 bits per heavy atom. The number of likely N-dealkylation sites (N-methyl/N-ethyl adjacent to an activating group) is 1. The largest absolute Gasteiger partial charge is 0.496 e. The van der Waals surface area contributed by atoms with Crippen LogP contribution in [0.25, 0.3) is 5.57 Å². The van der Waals surface area contributed by atoms with E-state index < -0.39 is 17.6 Å². The number of methoxy groups -OCH3 is 1. The Morgan fingerprint density at radius 2 is 1.89 bits per heavy atom. The lowest BCUT2D eigenvalue weighted by Crippen LogP contribution is -2.41. The summed E-state index contributed by atoms with van der Waals surface area (Å²) in [4.78, 5) is 47.3. The monoisotopic (exact) mass is 581 g/mol. The third-order valence-corrected chi connectivity index (χ3v) is 7.87. The molecule has 0 N–H and O–H groups in total. The van der Waals surface area contributed by atoms with Crippen LogP contribution in [0.5, 0.6) is 5.75 Å². The molecule has 8 nitrogen and oxygen atoms in total. The van der Waals surface area contributed by atoms with Gasteiger partial charge in [-0.3, -0.25) is 14.2 Å². The minimum absolute atomic E-state index is 0.240. The molecule has 0 fully saturated rings. The van der Waals surface area contributed by atoms with E-state index in [1.807, 2.05) is 36.4 Å². The number of amides is 1. The maximum atomic E-state index is 14.1. The quantitative estimate of drug-likeness (QED) is 0.441. The van der Waals surface area contributed by atoms with Crippen molar-refractivity contribution in [2.75, 3.05) is 19.1 Å². The highest BCUT2D eigenvalue weighted by Gasteiger charge is 2.37. The highest BCUT2D eigenvalue weighted by molar-refractivity contribution is 9.10. The first kappa shape index (κ1) is 25.2. The van der Waals surface area contributed by atoms with E-state index in [1.54, 1.807) is 33.9 Å². The summed E-state index contributed by atoms with van der Waals surface area (Å²) in [7, 11) is 3.22. The topological polar surface area (TPSA) is 90.2 Å². The van der Waals surface area contributed by atoms with Crippen LogP contribution in [0.15, 0.2) is 68.0 Å². The molecule has 5 rings (SSSR count). The molecule has 0 bridgehead atoms. The summed E-state index contributed by atoms with van der Waals surface area (Å²) in [6, 6.07) is 11.9. The van der Waals surface area contributed by atoms with Crippen molar-refractivity contribution in [2.24, 2.45) is 4.99 Å². The Kier molecular flexibility index (Phi) is 6.41. The number of ether oxygens (including phenoxy) is 2. The van der Waals surface area contributed by atoms with Crippen molar-refractivity contribution >= 4 is 50.4 Å². The van der Waals surface area contributed by atoms with Gasteiger partial charge >= 0.3 is 5.97 Å². The van der Waals surface area contributed by atoms with E-state index in [0.717, 1.165) is 21.5 Å². The van der Waals surface area contributed by atoms with Crippen molar-refractivity contribution < 1.29 is 19.1 Å². The van der Waals surface area contributed by atoms with Gasteiger partial charge in [0.2, 0.25) is 0 Å². The average Bonchev–Trinajstić information content (AvgIpc) is 3.30. The van der Waals surface area contributed by atoms with Crippen molar-refractivity contribution in [1.29, 1.82) is 0 Å². The molecule has 37 heavy (non-hydrogen) atoms. The molecular weight excluding hydrogens is 558 g/mol. The van der Waals surface area contributed by atoms with Gasteiger partial charge in [0, 0.05) is 22.6 Å². The number of thiazole rings is 1. The number of carbonyl (C=O) groups is 2. The molecule has 2 aromatic carbocycles. The fourth-order valence-electron chi connectivity index (χ4n) is 4.71. The van der Waals surface area contributed by atoms with Gasteiger partial charge < -0.3 is 14.4 Å². The maximum absolute atomic E-state index is 14.1. The second kappa shape index (κ2) is 9.42. The summed E-state index contributed by atoms with van der Waals surface area (Å²) < 4.78 is 13.7. The van der Waals surface area contributed by atoms with Gasteiger partial charge in [0.25, 0.3) is 11.5 Å².